The number of carbonyl (C=O) groups excluding carboxylic acids is 2. The molecule has 6 nitrogen and oxygen atoms in total. The summed E-state index contributed by atoms with van der Waals surface area (Å²) in [5.74, 6) is -0.746. The van der Waals surface area contributed by atoms with Gasteiger partial charge in [-0.25, -0.2) is 0 Å². The number of benzene rings is 2. The molecule has 2 aliphatic rings. The number of halogens is 1. The predicted molar refractivity (Wildman–Crippen MR) is 136 cm³/mol. The number of para-hydroxylation sites is 1. The third-order valence-electron chi connectivity index (χ3n) is 6.60. The Bertz CT molecular complexity index is 1200. The van der Waals surface area contributed by atoms with E-state index in [4.69, 9.17) is 30.8 Å². The smallest absolute Gasteiger partial charge is 0.315 e. The van der Waals surface area contributed by atoms with Crippen LogP contribution < -0.4 is 9.47 Å². The Morgan fingerprint density at radius 1 is 1.06 bits per heavy atom. The molecule has 0 saturated heterocycles. The van der Waals surface area contributed by atoms with E-state index < -0.39 is 17.8 Å². The molecule has 0 bridgehead atoms. The average molecular weight is 496 g/mol. The van der Waals surface area contributed by atoms with Crippen LogP contribution in [0.25, 0.3) is 0 Å². The van der Waals surface area contributed by atoms with Crippen LogP contribution in [0.15, 0.2) is 58.7 Å². The highest BCUT2D eigenvalue weighted by Crippen LogP contribution is 2.50. The molecule has 184 valence electrons. The Hall–Kier alpha value is -3.12. The summed E-state index contributed by atoms with van der Waals surface area (Å²) in [7, 11) is 3.12. The number of aliphatic imine (C=N–C) groups is 1. The monoisotopic (exact) mass is 495 g/mol. The standard InChI is InChI=1S/C28H30ClNO5/c1-15(2)35-28(32)24-16(3)30-21-13-18(17-9-11-19(29)12-10-17)14-22(31)26(21)25(24)20-7-6-8-23(33-4)27(20)34-5/h6-12,15,18,24-25H,13-14H2,1-5H3/t18-,24?,25+/m0/s1. The van der Waals surface area contributed by atoms with Gasteiger partial charge in [-0.05, 0) is 56.9 Å². The highest BCUT2D eigenvalue weighted by Gasteiger charge is 2.46. The van der Waals surface area contributed by atoms with Crippen molar-refractivity contribution >= 4 is 29.1 Å². The van der Waals surface area contributed by atoms with Gasteiger partial charge in [-0.2, -0.15) is 0 Å². The van der Waals surface area contributed by atoms with Crippen molar-refractivity contribution < 1.29 is 23.8 Å². The summed E-state index contributed by atoms with van der Waals surface area (Å²) in [5.41, 5.74) is 3.63. The summed E-state index contributed by atoms with van der Waals surface area (Å²) in [6.07, 6.45) is 0.619. The lowest BCUT2D eigenvalue weighted by Crippen LogP contribution is -2.39. The van der Waals surface area contributed by atoms with Crippen molar-refractivity contribution in [2.45, 2.75) is 51.6 Å². The van der Waals surface area contributed by atoms with Crippen molar-refractivity contribution in [1.29, 1.82) is 0 Å². The molecule has 3 atom stereocenters. The van der Waals surface area contributed by atoms with E-state index in [-0.39, 0.29) is 17.8 Å². The lowest BCUT2D eigenvalue weighted by Gasteiger charge is -2.37. The summed E-state index contributed by atoms with van der Waals surface area (Å²) >= 11 is 6.07. The van der Waals surface area contributed by atoms with Gasteiger partial charge in [0.15, 0.2) is 17.3 Å². The molecule has 0 N–H and O–H groups in total. The maximum atomic E-state index is 13.7. The van der Waals surface area contributed by atoms with Gasteiger partial charge in [0.05, 0.1) is 20.3 Å². The first-order valence-corrected chi connectivity index (χ1v) is 12.1. The second-order valence-electron chi connectivity index (χ2n) is 9.22. The van der Waals surface area contributed by atoms with Gasteiger partial charge in [0, 0.05) is 39.9 Å². The third-order valence-corrected chi connectivity index (χ3v) is 6.86. The Kier molecular flexibility index (Phi) is 7.31. The van der Waals surface area contributed by atoms with Gasteiger partial charge in [-0.15, -0.1) is 0 Å². The van der Waals surface area contributed by atoms with Crippen molar-refractivity contribution in [2.24, 2.45) is 10.9 Å². The number of ketones is 1. The van der Waals surface area contributed by atoms with Gasteiger partial charge >= 0.3 is 5.97 Å². The molecule has 0 fully saturated rings. The van der Waals surface area contributed by atoms with Gasteiger partial charge in [0.2, 0.25) is 0 Å². The average Bonchev–Trinajstić information content (AvgIpc) is 2.82. The van der Waals surface area contributed by atoms with Crippen molar-refractivity contribution in [2.75, 3.05) is 14.2 Å². The van der Waals surface area contributed by atoms with Crippen LogP contribution in [0.1, 0.15) is 56.6 Å². The molecule has 4 rings (SSSR count). The van der Waals surface area contributed by atoms with Gasteiger partial charge in [0.1, 0.15) is 5.92 Å². The SMILES string of the molecule is COc1cccc([C@H]2C3=C(C[C@H](c4ccc(Cl)cc4)CC3=O)N=C(C)C2C(=O)OC(C)C)c1OC. The summed E-state index contributed by atoms with van der Waals surface area (Å²) in [5, 5.41) is 0.652. The molecule has 1 aliphatic carbocycles. The van der Waals surface area contributed by atoms with Gasteiger partial charge < -0.3 is 14.2 Å². The minimum Gasteiger partial charge on any atom is -0.493 e. The van der Waals surface area contributed by atoms with E-state index >= 15 is 0 Å². The number of nitrogens with zero attached hydrogens (tertiary/aromatic N) is 1. The molecule has 0 aromatic heterocycles. The zero-order valence-corrected chi connectivity index (χ0v) is 21.4. The van der Waals surface area contributed by atoms with E-state index in [0.29, 0.717) is 51.9 Å². The van der Waals surface area contributed by atoms with Crippen LogP contribution in [0.2, 0.25) is 5.02 Å². The first-order chi connectivity index (χ1) is 16.7. The molecular formula is C28H30ClNO5. The fourth-order valence-electron chi connectivity index (χ4n) is 5.13. The van der Waals surface area contributed by atoms with Crippen LogP contribution in [0, 0.1) is 5.92 Å². The molecule has 35 heavy (non-hydrogen) atoms. The molecule has 1 heterocycles. The van der Waals surface area contributed by atoms with Crippen molar-refractivity contribution in [1.82, 2.24) is 0 Å². The molecular weight excluding hydrogens is 466 g/mol. The molecule has 0 spiro atoms. The summed E-state index contributed by atoms with van der Waals surface area (Å²) in [6, 6.07) is 13.1. The number of allylic oxidation sites excluding steroid dienone is 2. The predicted octanol–water partition coefficient (Wildman–Crippen LogP) is 5.88. The fraction of sp³-hybridized carbons (Fsp3) is 0.393. The number of carbonyl (C=O) groups is 2. The molecule has 2 aromatic carbocycles. The maximum Gasteiger partial charge on any atom is 0.315 e. The van der Waals surface area contributed by atoms with Crippen LogP contribution >= 0.6 is 11.6 Å². The zero-order valence-electron chi connectivity index (χ0n) is 20.6. The Balaban J connectivity index is 1.86. The lowest BCUT2D eigenvalue weighted by molar-refractivity contribution is -0.150. The number of hydrogen-bond donors (Lipinski definition) is 0. The third kappa shape index (κ3) is 4.85. The van der Waals surface area contributed by atoms with E-state index in [9.17, 15) is 9.59 Å². The summed E-state index contributed by atoms with van der Waals surface area (Å²) in [6.45, 7) is 5.44. The first-order valence-electron chi connectivity index (χ1n) is 11.7. The van der Waals surface area contributed by atoms with E-state index in [2.05, 4.69) is 0 Å². The van der Waals surface area contributed by atoms with Gasteiger partial charge in [-0.3, -0.25) is 14.6 Å². The van der Waals surface area contributed by atoms with Gasteiger partial charge in [-0.1, -0.05) is 35.9 Å². The highest BCUT2D eigenvalue weighted by molar-refractivity contribution is 6.30. The maximum absolute atomic E-state index is 13.7. The van der Waals surface area contributed by atoms with Crippen LogP contribution in [0.3, 0.4) is 0 Å². The van der Waals surface area contributed by atoms with Gasteiger partial charge in [0.25, 0.3) is 0 Å². The Morgan fingerprint density at radius 3 is 2.40 bits per heavy atom. The molecule has 2 aromatic rings. The Labute approximate surface area is 210 Å². The van der Waals surface area contributed by atoms with Crippen LogP contribution in [0.4, 0.5) is 0 Å². The topological polar surface area (TPSA) is 74.2 Å². The number of Topliss-reactive ketones (excluding diaryl/α,β-unsaturated/α-hetero) is 1. The number of rotatable bonds is 6. The number of hydrogen-bond acceptors (Lipinski definition) is 6. The van der Waals surface area contributed by atoms with E-state index in [1.54, 1.807) is 20.3 Å². The second kappa shape index (κ2) is 10.2. The molecule has 1 aliphatic heterocycles. The van der Waals surface area contributed by atoms with Crippen LogP contribution in [0.5, 0.6) is 11.5 Å². The quantitative estimate of drug-likeness (QED) is 0.467. The van der Waals surface area contributed by atoms with Crippen molar-refractivity contribution in [3.8, 4) is 11.5 Å². The minimum atomic E-state index is -0.742. The second-order valence-corrected chi connectivity index (χ2v) is 9.65. The van der Waals surface area contributed by atoms with E-state index in [0.717, 1.165) is 5.56 Å². The normalized spacial score (nSPS) is 22.0. The highest BCUT2D eigenvalue weighted by atomic mass is 35.5. The number of ether oxygens (including phenoxy) is 3. The fourth-order valence-corrected chi connectivity index (χ4v) is 5.26. The minimum absolute atomic E-state index is 0.0120. The first kappa shape index (κ1) is 25.0. The largest absolute Gasteiger partial charge is 0.493 e. The molecule has 0 radical (unpaired) electrons. The van der Waals surface area contributed by atoms with Crippen LogP contribution in [-0.2, 0) is 14.3 Å². The molecule has 7 heteroatoms. The molecule has 0 amide bonds. The summed E-state index contributed by atoms with van der Waals surface area (Å²) < 4.78 is 16.9. The van der Waals surface area contributed by atoms with Crippen molar-refractivity contribution in [3.05, 3.63) is 69.9 Å². The molecule has 1 unspecified atom stereocenters. The number of methoxy groups -OCH3 is 2. The number of esters is 1. The summed E-state index contributed by atoms with van der Waals surface area (Å²) in [4.78, 5) is 31.9. The van der Waals surface area contributed by atoms with Crippen LogP contribution in [-0.4, -0.2) is 37.8 Å². The van der Waals surface area contributed by atoms with Crippen molar-refractivity contribution in [3.63, 3.8) is 0 Å². The zero-order chi connectivity index (χ0) is 25.3. The lowest BCUT2D eigenvalue weighted by atomic mass is 9.69. The Morgan fingerprint density at radius 2 is 1.77 bits per heavy atom. The molecule has 0 saturated carbocycles. The van der Waals surface area contributed by atoms with E-state index in [1.165, 1.54) is 0 Å². The van der Waals surface area contributed by atoms with E-state index in [1.807, 2.05) is 57.2 Å².